The molecule has 0 radical (unpaired) electrons. The van der Waals surface area contributed by atoms with Gasteiger partial charge in [0.1, 0.15) is 4.70 Å². The third-order valence-corrected chi connectivity index (χ3v) is 6.16. The Hall–Kier alpha value is -0.890. The van der Waals surface area contributed by atoms with Gasteiger partial charge in [-0.2, -0.15) is 13.0 Å². The molecule has 1 heterocycles. The minimum absolute atomic E-state index is 0.212. The van der Waals surface area contributed by atoms with Gasteiger partial charge in [0.25, 0.3) is 15.1 Å². The fourth-order valence-corrected chi connectivity index (χ4v) is 4.48. The molecule has 0 fully saturated rings. The summed E-state index contributed by atoms with van der Waals surface area (Å²) in [6, 6.07) is 8.10. The predicted octanol–water partition coefficient (Wildman–Crippen LogP) is 3.58. The van der Waals surface area contributed by atoms with Crippen LogP contribution in [0, 0.1) is 0 Å². The highest BCUT2D eigenvalue weighted by molar-refractivity contribution is 8.02. The van der Waals surface area contributed by atoms with E-state index in [4.69, 9.17) is 4.55 Å². The Morgan fingerprint density at radius 1 is 1.41 bits per heavy atom. The Labute approximate surface area is 139 Å². The van der Waals surface area contributed by atoms with Crippen LogP contribution in [-0.2, 0) is 16.7 Å². The third-order valence-electron chi connectivity index (χ3n) is 3.32. The van der Waals surface area contributed by atoms with Crippen LogP contribution in [-0.4, -0.2) is 25.0 Å². The highest BCUT2D eigenvalue weighted by Crippen LogP contribution is 2.25. The van der Waals surface area contributed by atoms with Gasteiger partial charge in [-0.05, 0) is 23.6 Å². The van der Waals surface area contributed by atoms with Gasteiger partial charge in [-0.15, -0.1) is 11.8 Å². The van der Waals surface area contributed by atoms with Crippen molar-refractivity contribution in [1.29, 1.82) is 0 Å². The molecule has 0 amide bonds. The number of rotatable bonds is 7. The van der Waals surface area contributed by atoms with Crippen LogP contribution in [0.2, 0.25) is 0 Å². The lowest BCUT2D eigenvalue weighted by atomic mass is 10.3. The van der Waals surface area contributed by atoms with Crippen molar-refractivity contribution >= 4 is 49.5 Å². The van der Waals surface area contributed by atoms with Crippen LogP contribution in [0.5, 0.6) is 0 Å². The summed E-state index contributed by atoms with van der Waals surface area (Å²) in [6.45, 7) is 2.69. The molecule has 4 nitrogen and oxygen atoms in total. The van der Waals surface area contributed by atoms with Gasteiger partial charge in [-0.1, -0.05) is 30.4 Å². The molecular weight excluding hydrogens is 338 g/mol. The summed E-state index contributed by atoms with van der Waals surface area (Å²) in [5, 5.41) is 1.11. The molecule has 0 saturated carbocycles. The summed E-state index contributed by atoms with van der Waals surface area (Å²) in [5.41, 5.74) is 1.10. The van der Waals surface area contributed by atoms with Gasteiger partial charge < -0.3 is 0 Å². The van der Waals surface area contributed by atoms with Crippen molar-refractivity contribution in [3.8, 4) is 0 Å². The first-order valence-electron chi connectivity index (χ1n) is 7.05. The standard InChI is InChI=1S/C15H19NO3S3/c1-3-12(20-2)11-15-16(9-6-10-22(17,18)19)13-7-4-5-8-14(13)21-15/h4-5,7-8,11H,3,6,9-10H2,1-2H3/p+1/b12-11-. The van der Waals surface area contributed by atoms with Gasteiger partial charge in [0.05, 0.1) is 5.75 Å². The first-order valence-corrected chi connectivity index (χ1v) is 10.7. The highest BCUT2D eigenvalue weighted by Gasteiger charge is 2.19. The van der Waals surface area contributed by atoms with Crippen molar-refractivity contribution < 1.29 is 17.5 Å². The molecule has 0 saturated heterocycles. The topological polar surface area (TPSA) is 58.2 Å². The molecule has 7 heteroatoms. The Balaban J connectivity index is 2.38. The molecule has 0 unspecified atom stereocenters. The van der Waals surface area contributed by atoms with E-state index >= 15 is 0 Å². The molecule has 1 aromatic heterocycles. The van der Waals surface area contributed by atoms with E-state index in [0.29, 0.717) is 13.0 Å². The Bertz CT molecular complexity index is 772. The minimum Gasteiger partial charge on any atom is -0.286 e. The smallest absolute Gasteiger partial charge is 0.265 e. The molecular formula is C15H20NO3S3+. The summed E-state index contributed by atoms with van der Waals surface area (Å²) >= 11 is 3.43. The van der Waals surface area contributed by atoms with Crippen molar-refractivity contribution in [3.05, 3.63) is 34.2 Å². The van der Waals surface area contributed by atoms with E-state index in [1.54, 1.807) is 23.1 Å². The Morgan fingerprint density at radius 2 is 2.14 bits per heavy atom. The van der Waals surface area contributed by atoms with Crippen molar-refractivity contribution in [2.24, 2.45) is 0 Å². The largest absolute Gasteiger partial charge is 0.286 e. The van der Waals surface area contributed by atoms with Gasteiger partial charge >= 0.3 is 0 Å². The molecule has 0 spiro atoms. The second-order valence-electron chi connectivity index (χ2n) is 4.87. The number of fused-ring (bicyclic) bond motifs is 1. The van der Waals surface area contributed by atoms with Crippen LogP contribution >= 0.6 is 23.1 Å². The van der Waals surface area contributed by atoms with Crippen LogP contribution in [0.1, 0.15) is 24.8 Å². The number of benzene rings is 1. The van der Waals surface area contributed by atoms with E-state index < -0.39 is 10.1 Å². The van der Waals surface area contributed by atoms with E-state index in [1.807, 2.05) is 18.2 Å². The van der Waals surface area contributed by atoms with Gasteiger partial charge in [-0.3, -0.25) is 4.55 Å². The third kappa shape index (κ3) is 4.55. The van der Waals surface area contributed by atoms with Crippen molar-refractivity contribution in [1.82, 2.24) is 0 Å². The lowest BCUT2D eigenvalue weighted by molar-refractivity contribution is -0.668. The van der Waals surface area contributed by atoms with Gasteiger partial charge in [0.15, 0.2) is 6.54 Å². The summed E-state index contributed by atoms with van der Waals surface area (Å²) in [4.78, 5) is 1.29. The second kappa shape index (κ2) is 7.59. The monoisotopic (exact) mass is 358 g/mol. The number of aryl methyl sites for hydroxylation is 1. The van der Waals surface area contributed by atoms with E-state index in [1.165, 1.54) is 9.61 Å². The molecule has 0 bridgehead atoms. The molecule has 1 aromatic carbocycles. The van der Waals surface area contributed by atoms with Crippen LogP contribution in [0.3, 0.4) is 0 Å². The van der Waals surface area contributed by atoms with Crippen molar-refractivity contribution in [3.63, 3.8) is 0 Å². The minimum atomic E-state index is -3.91. The average molecular weight is 359 g/mol. The first kappa shape index (κ1) is 17.5. The number of hydrogen-bond acceptors (Lipinski definition) is 4. The number of hydrogen-bond donors (Lipinski definition) is 1. The predicted molar refractivity (Wildman–Crippen MR) is 94.8 cm³/mol. The fraction of sp³-hybridized carbons (Fsp3) is 0.400. The summed E-state index contributed by atoms with van der Waals surface area (Å²) in [7, 11) is -3.91. The SMILES string of the molecule is CC/C(=C/c1sc2ccccc2[n+]1CCCS(=O)(=O)O)SC. The van der Waals surface area contributed by atoms with Crippen LogP contribution in [0.25, 0.3) is 16.3 Å². The molecule has 0 aliphatic heterocycles. The fourth-order valence-electron chi connectivity index (χ4n) is 2.24. The van der Waals surface area contributed by atoms with E-state index in [2.05, 4.69) is 29.9 Å². The molecule has 1 N–H and O–H groups in total. The molecule has 2 aromatic rings. The molecule has 120 valence electrons. The molecule has 0 aliphatic carbocycles. The maximum atomic E-state index is 10.9. The number of allylic oxidation sites excluding steroid dienone is 1. The number of nitrogens with zero attached hydrogens (tertiary/aromatic N) is 1. The average Bonchev–Trinajstić information content (AvgIpc) is 2.81. The Morgan fingerprint density at radius 3 is 2.77 bits per heavy atom. The molecule has 2 rings (SSSR count). The maximum Gasteiger partial charge on any atom is 0.265 e. The highest BCUT2D eigenvalue weighted by atomic mass is 32.2. The van der Waals surface area contributed by atoms with Crippen molar-refractivity contribution in [2.45, 2.75) is 26.3 Å². The molecule has 0 aliphatic rings. The van der Waals surface area contributed by atoms with E-state index in [9.17, 15) is 8.42 Å². The second-order valence-corrected chi connectivity index (χ2v) is 8.43. The molecule has 0 atom stereocenters. The van der Waals surface area contributed by atoms with E-state index in [0.717, 1.165) is 16.9 Å². The van der Waals surface area contributed by atoms with Crippen LogP contribution in [0.4, 0.5) is 0 Å². The zero-order valence-corrected chi connectivity index (χ0v) is 15.1. The summed E-state index contributed by atoms with van der Waals surface area (Å²) < 4.78 is 34.0. The maximum absolute atomic E-state index is 10.9. The van der Waals surface area contributed by atoms with Crippen LogP contribution in [0.15, 0.2) is 29.2 Å². The number of para-hydroxylation sites is 1. The number of thioether (sulfide) groups is 1. The van der Waals surface area contributed by atoms with Crippen LogP contribution < -0.4 is 4.57 Å². The first-order chi connectivity index (χ1) is 10.4. The number of aromatic nitrogens is 1. The number of thiazole rings is 1. The van der Waals surface area contributed by atoms with E-state index in [-0.39, 0.29) is 5.75 Å². The summed E-state index contributed by atoms with van der Waals surface area (Å²) in [5.74, 6) is -0.212. The molecule has 22 heavy (non-hydrogen) atoms. The van der Waals surface area contributed by atoms with Gasteiger partial charge in [0.2, 0.25) is 5.52 Å². The lowest BCUT2D eigenvalue weighted by Crippen LogP contribution is -2.36. The van der Waals surface area contributed by atoms with Gasteiger partial charge in [-0.25, -0.2) is 0 Å². The quantitative estimate of drug-likeness (QED) is 0.607. The zero-order chi connectivity index (χ0) is 16.2. The van der Waals surface area contributed by atoms with Crippen molar-refractivity contribution in [2.75, 3.05) is 12.0 Å². The lowest BCUT2D eigenvalue weighted by Gasteiger charge is -1.99. The summed E-state index contributed by atoms with van der Waals surface area (Å²) in [6.07, 6.45) is 5.60. The van der Waals surface area contributed by atoms with Gasteiger partial charge in [0, 0.05) is 18.6 Å². The Kier molecular flexibility index (Phi) is 6.02. The zero-order valence-electron chi connectivity index (χ0n) is 12.7. The normalized spacial score (nSPS) is 13.0.